The lowest BCUT2D eigenvalue weighted by Crippen LogP contribution is -2.36. The minimum atomic E-state index is -3.77. The number of hydrogen-bond acceptors (Lipinski definition) is 4. The highest BCUT2D eigenvalue weighted by Gasteiger charge is 2.24. The molecule has 0 aliphatic rings. The number of nitrogens with two attached hydrogens (primary N) is 1. The van der Waals surface area contributed by atoms with Gasteiger partial charge in [0.1, 0.15) is 5.82 Å². The third kappa shape index (κ3) is 3.21. The summed E-state index contributed by atoms with van der Waals surface area (Å²) in [6.07, 6.45) is 1.25. The van der Waals surface area contributed by atoms with Gasteiger partial charge in [-0.05, 0) is 12.5 Å². The van der Waals surface area contributed by atoms with Crippen molar-refractivity contribution in [3.05, 3.63) is 47.9 Å². The van der Waals surface area contributed by atoms with Crippen LogP contribution in [-0.2, 0) is 10.0 Å². The molecule has 2 aromatic rings. The Morgan fingerprint density at radius 3 is 2.55 bits per heavy atom. The van der Waals surface area contributed by atoms with E-state index in [1.54, 1.807) is 31.2 Å². The predicted molar refractivity (Wildman–Crippen MR) is 79.6 cm³/mol. The Morgan fingerprint density at radius 2 is 2.05 bits per heavy atom. The summed E-state index contributed by atoms with van der Waals surface area (Å²) in [4.78, 5) is 6.59. The molecule has 2 rings (SSSR count). The number of nitrogens with one attached hydrogen (secondary N) is 2. The lowest BCUT2D eigenvalue weighted by Gasteiger charge is -2.17. The van der Waals surface area contributed by atoms with Crippen LogP contribution in [0.1, 0.15) is 17.4 Å². The number of aryl methyl sites for hydroxylation is 1. The predicted octanol–water partition coefficient (Wildman–Crippen LogP) is 1.02. The third-order valence-electron chi connectivity index (χ3n) is 2.66. The first-order valence-corrected chi connectivity index (χ1v) is 7.67. The number of hydrogen-bond donors (Lipinski definition) is 3. The monoisotopic (exact) mass is 310 g/mol. The van der Waals surface area contributed by atoms with Crippen molar-refractivity contribution in [2.75, 3.05) is 0 Å². The number of aromatic amines is 1. The molecule has 6 nitrogen and oxygen atoms in total. The van der Waals surface area contributed by atoms with Crippen LogP contribution in [0.15, 0.2) is 41.6 Å². The van der Waals surface area contributed by atoms with Gasteiger partial charge in [0.05, 0.1) is 17.2 Å². The van der Waals surface area contributed by atoms with Gasteiger partial charge in [0.2, 0.25) is 0 Å². The van der Waals surface area contributed by atoms with E-state index in [0.29, 0.717) is 11.4 Å². The van der Waals surface area contributed by atoms with Crippen molar-refractivity contribution in [3.8, 4) is 0 Å². The van der Waals surface area contributed by atoms with Crippen LogP contribution in [-0.4, -0.2) is 23.4 Å². The van der Waals surface area contributed by atoms with Gasteiger partial charge in [-0.25, -0.2) is 13.4 Å². The van der Waals surface area contributed by atoms with Gasteiger partial charge in [-0.15, -0.1) is 0 Å². The lowest BCUT2D eigenvalue weighted by atomic mass is 10.1. The van der Waals surface area contributed by atoms with E-state index >= 15 is 0 Å². The zero-order valence-corrected chi connectivity index (χ0v) is 12.3. The Balaban J connectivity index is 2.32. The summed E-state index contributed by atoms with van der Waals surface area (Å²) in [5.74, 6) is 0.511. The normalized spacial score (nSPS) is 13.1. The number of aromatic nitrogens is 2. The van der Waals surface area contributed by atoms with Crippen LogP contribution in [0.25, 0.3) is 0 Å². The molecule has 0 saturated heterocycles. The summed E-state index contributed by atoms with van der Waals surface area (Å²) in [6, 6.07) is 8.15. The summed E-state index contributed by atoms with van der Waals surface area (Å²) >= 11 is 4.95. The summed E-state index contributed by atoms with van der Waals surface area (Å²) < 4.78 is 26.9. The Morgan fingerprint density at radius 1 is 1.40 bits per heavy atom. The molecular formula is C12H14N4O2S2. The van der Waals surface area contributed by atoms with Gasteiger partial charge in [-0.3, -0.25) is 0 Å². The van der Waals surface area contributed by atoms with Gasteiger partial charge in [-0.2, -0.15) is 4.72 Å². The molecule has 1 aromatic carbocycles. The second kappa shape index (κ2) is 5.70. The molecule has 1 unspecified atom stereocenters. The van der Waals surface area contributed by atoms with Crippen molar-refractivity contribution >= 4 is 27.2 Å². The van der Waals surface area contributed by atoms with Gasteiger partial charge >= 0.3 is 0 Å². The Labute approximate surface area is 122 Å². The second-order valence-electron chi connectivity index (χ2n) is 4.20. The maximum atomic E-state index is 12.2. The Hall–Kier alpha value is -1.77. The average Bonchev–Trinajstić information content (AvgIpc) is 2.84. The summed E-state index contributed by atoms with van der Waals surface area (Å²) in [7, 11) is -3.77. The van der Waals surface area contributed by atoms with Gasteiger partial charge in [-0.1, -0.05) is 42.5 Å². The van der Waals surface area contributed by atoms with Crippen LogP contribution < -0.4 is 10.5 Å². The summed E-state index contributed by atoms with van der Waals surface area (Å²) in [5.41, 5.74) is 6.32. The Kier molecular flexibility index (Phi) is 4.17. The summed E-state index contributed by atoms with van der Waals surface area (Å²) in [6.45, 7) is 1.67. The fourth-order valence-corrected chi connectivity index (χ4v) is 3.13. The zero-order valence-electron chi connectivity index (χ0n) is 10.7. The van der Waals surface area contributed by atoms with E-state index in [4.69, 9.17) is 18.0 Å². The van der Waals surface area contributed by atoms with Crippen molar-refractivity contribution < 1.29 is 8.42 Å². The maximum Gasteiger partial charge on any atom is 0.258 e. The number of rotatable bonds is 5. The highest BCUT2D eigenvalue weighted by molar-refractivity contribution is 7.89. The SMILES string of the molecule is Cc1ncc(S(=O)(=O)NC(C(N)=S)c2ccccc2)[nH]1. The number of sulfonamides is 1. The minimum Gasteiger partial charge on any atom is -0.392 e. The van der Waals surface area contributed by atoms with Crippen molar-refractivity contribution in [1.82, 2.24) is 14.7 Å². The molecule has 0 saturated carbocycles. The molecule has 1 heterocycles. The number of imidazole rings is 1. The Bertz CT molecular complexity index is 710. The van der Waals surface area contributed by atoms with E-state index < -0.39 is 16.1 Å². The first-order valence-electron chi connectivity index (χ1n) is 5.78. The number of H-pyrrole nitrogens is 1. The quantitative estimate of drug-likeness (QED) is 0.716. The first kappa shape index (κ1) is 14.6. The standard InChI is InChI=1S/C12H14N4O2S2/c1-8-14-7-10(15-8)20(17,18)16-11(12(13)19)9-5-3-2-4-6-9/h2-7,11,16H,1H3,(H2,13,19)(H,14,15). The zero-order chi connectivity index (χ0) is 14.8. The smallest absolute Gasteiger partial charge is 0.258 e. The van der Waals surface area contributed by atoms with Crippen molar-refractivity contribution in [1.29, 1.82) is 0 Å². The maximum absolute atomic E-state index is 12.2. The molecule has 0 spiro atoms. The average molecular weight is 310 g/mol. The molecule has 4 N–H and O–H groups in total. The molecular weight excluding hydrogens is 296 g/mol. The van der Waals surface area contributed by atoms with Gasteiger partial charge in [0, 0.05) is 0 Å². The van der Waals surface area contributed by atoms with E-state index in [0.717, 1.165) is 0 Å². The molecule has 0 fully saturated rings. The van der Waals surface area contributed by atoms with Crippen LogP contribution in [0.3, 0.4) is 0 Å². The largest absolute Gasteiger partial charge is 0.392 e. The van der Waals surface area contributed by atoms with E-state index in [2.05, 4.69) is 14.7 Å². The van der Waals surface area contributed by atoms with Crippen molar-refractivity contribution in [2.45, 2.75) is 18.0 Å². The number of nitrogens with zero attached hydrogens (tertiary/aromatic N) is 1. The molecule has 8 heteroatoms. The van der Waals surface area contributed by atoms with E-state index in [1.807, 2.05) is 6.07 Å². The van der Waals surface area contributed by atoms with Crippen molar-refractivity contribution in [3.63, 3.8) is 0 Å². The summed E-state index contributed by atoms with van der Waals surface area (Å²) in [5, 5.41) is -0.0211. The molecule has 1 atom stereocenters. The molecule has 0 radical (unpaired) electrons. The van der Waals surface area contributed by atoms with E-state index in [1.165, 1.54) is 6.20 Å². The van der Waals surface area contributed by atoms with Crippen LogP contribution in [0.4, 0.5) is 0 Å². The molecule has 1 aromatic heterocycles. The van der Waals surface area contributed by atoms with Crippen LogP contribution in [0.2, 0.25) is 0 Å². The molecule has 0 aliphatic carbocycles. The van der Waals surface area contributed by atoms with Crippen molar-refractivity contribution in [2.24, 2.45) is 5.73 Å². The highest BCUT2D eigenvalue weighted by atomic mass is 32.2. The van der Waals surface area contributed by atoms with E-state index in [-0.39, 0.29) is 10.0 Å². The fourth-order valence-electron chi connectivity index (χ4n) is 1.69. The lowest BCUT2D eigenvalue weighted by molar-refractivity contribution is 0.574. The molecule has 20 heavy (non-hydrogen) atoms. The van der Waals surface area contributed by atoms with Gasteiger partial charge in [0.15, 0.2) is 5.03 Å². The number of thiocarbonyl (C=S) groups is 1. The van der Waals surface area contributed by atoms with Gasteiger partial charge < -0.3 is 10.7 Å². The van der Waals surface area contributed by atoms with Crippen LogP contribution in [0, 0.1) is 6.92 Å². The minimum absolute atomic E-state index is 0.0211. The van der Waals surface area contributed by atoms with E-state index in [9.17, 15) is 8.42 Å². The molecule has 0 bridgehead atoms. The molecule has 106 valence electrons. The third-order valence-corrected chi connectivity index (χ3v) is 4.23. The molecule has 0 amide bonds. The first-order chi connectivity index (χ1) is 9.40. The van der Waals surface area contributed by atoms with Gasteiger partial charge in [0.25, 0.3) is 10.0 Å². The van der Waals surface area contributed by atoms with Crippen LogP contribution in [0.5, 0.6) is 0 Å². The number of benzene rings is 1. The fraction of sp³-hybridized carbons (Fsp3) is 0.167. The highest BCUT2D eigenvalue weighted by Crippen LogP contribution is 2.16. The second-order valence-corrected chi connectivity index (χ2v) is 6.35. The topological polar surface area (TPSA) is 101 Å². The van der Waals surface area contributed by atoms with Crippen LogP contribution >= 0.6 is 12.2 Å². The molecule has 0 aliphatic heterocycles.